The fraction of sp³-hybridized carbons (Fsp3) is 0.471. The van der Waals surface area contributed by atoms with Gasteiger partial charge in [-0.1, -0.05) is 52.8 Å². The van der Waals surface area contributed by atoms with Crippen LogP contribution in [0.1, 0.15) is 25.7 Å². The average Bonchev–Trinajstić information content (AvgIpc) is 2.55. The van der Waals surface area contributed by atoms with Gasteiger partial charge in [0.15, 0.2) is 5.75 Å². The van der Waals surface area contributed by atoms with Gasteiger partial charge in [-0.05, 0) is 25.3 Å². The molecule has 0 bridgehead atoms. The topological polar surface area (TPSA) is 44.8 Å². The lowest BCUT2D eigenvalue weighted by Crippen LogP contribution is -2.01. The van der Waals surface area contributed by atoms with Crippen LogP contribution in [0.3, 0.4) is 0 Å². The van der Waals surface area contributed by atoms with Crippen LogP contribution in [0.2, 0.25) is 10.0 Å². The second-order valence-electron chi connectivity index (χ2n) is 5.03. The van der Waals surface area contributed by atoms with E-state index >= 15 is 0 Å². The molecule has 1 rings (SSSR count). The molecular weight excluding hydrogens is 410 g/mol. The van der Waals surface area contributed by atoms with Crippen LogP contribution in [0.15, 0.2) is 22.7 Å². The molecule has 0 saturated carbocycles. The molecule has 140 valence electrons. The van der Waals surface area contributed by atoms with Gasteiger partial charge in [0, 0.05) is 18.7 Å². The first-order valence-corrected chi connectivity index (χ1v) is 9.33. The maximum Gasteiger partial charge on any atom is 0.156 e. The number of carbonyl (C=O) groups is 1. The van der Waals surface area contributed by atoms with Crippen molar-refractivity contribution in [3.8, 4) is 11.5 Å². The quantitative estimate of drug-likeness (QED) is 0.291. The third-order valence-electron chi connectivity index (χ3n) is 3.07. The van der Waals surface area contributed by atoms with Crippen LogP contribution in [0, 0.1) is 0 Å². The van der Waals surface area contributed by atoms with Crippen LogP contribution in [-0.2, 0) is 9.53 Å². The van der Waals surface area contributed by atoms with Gasteiger partial charge in [0.1, 0.15) is 29.7 Å². The summed E-state index contributed by atoms with van der Waals surface area (Å²) in [5.41, 5.74) is 0. The summed E-state index contributed by atoms with van der Waals surface area (Å²) in [6.07, 6.45) is 6.06. The van der Waals surface area contributed by atoms with Crippen LogP contribution in [-0.4, -0.2) is 32.7 Å². The molecule has 0 aliphatic heterocycles. The standard InChI is InChI=1S/C17H20Cl4O4/c18-14-11-13(24-9-5-16(20)21)12-15(19)17(14)25-8-4-2-1-3-7-23-10-6-22/h5-6,11-12H,1-4,7-10H2. The average molecular weight is 430 g/mol. The Morgan fingerprint density at radius 1 is 0.920 bits per heavy atom. The Morgan fingerprint density at radius 2 is 1.56 bits per heavy atom. The molecule has 4 nitrogen and oxygen atoms in total. The summed E-state index contributed by atoms with van der Waals surface area (Å²) in [6.45, 7) is 1.49. The Morgan fingerprint density at radius 3 is 2.16 bits per heavy atom. The molecule has 1 aromatic carbocycles. The second kappa shape index (κ2) is 13.5. The first kappa shape index (κ1) is 22.4. The predicted molar refractivity (Wildman–Crippen MR) is 103 cm³/mol. The highest BCUT2D eigenvalue weighted by Crippen LogP contribution is 2.37. The van der Waals surface area contributed by atoms with Crippen molar-refractivity contribution in [2.45, 2.75) is 25.7 Å². The summed E-state index contributed by atoms with van der Waals surface area (Å²) in [5.74, 6) is 0.944. The van der Waals surface area contributed by atoms with Crippen LogP contribution >= 0.6 is 46.4 Å². The number of ether oxygens (including phenoxy) is 3. The lowest BCUT2D eigenvalue weighted by molar-refractivity contribution is -0.111. The van der Waals surface area contributed by atoms with Crippen LogP contribution in [0.25, 0.3) is 0 Å². The van der Waals surface area contributed by atoms with E-state index in [1.54, 1.807) is 12.1 Å². The first-order valence-electron chi connectivity index (χ1n) is 7.81. The smallest absolute Gasteiger partial charge is 0.156 e. The van der Waals surface area contributed by atoms with E-state index in [4.69, 9.17) is 60.6 Å². The Kier molecular flexibility index (Phi) is 12.1. The Labute approximate surface area is 167 Å². The molecule has 0 spiro atoms. The molecule has 0 aliphatic carbocycles. The molecule has 0 aliphatic rings. The number of carbonyl (C=O) groups excluding carboxylic acids is 1. The molecule has 0 aromatic heterocycles. The molecule has 0 atom stereocenters. The number of halogens is 4. The third kappa shape index (κ3) is 10.2. The monoisotopic (exact) mass is 428 g/mol. The summed E-state index contributed by atoms with van der Waals surface area (Å²) in [7, 11) is 0. The van der Waals surface area contributed by atoms with Gasteiger partial charge < -0.3 is 19.0 Å². The van der Waals surface area contributed by atoms with Crippen molar-refractivity contribution in [3.05, 3.63) is 32.7 Å². The van der Waals surface area contributed by atoms with Crippen molar-refractivity contribution in [1.82, 2.24) is 0 Å². The van der Waals surface area contributed by atoms with Gasteiger partial charge in [-0.25, -0.2) is 0 Å². The van der Waals surface area contributed by atoms with E-state index in [0.29, 0.717) is 34.8 Å². The maximum absolute atomic E-state index is 10.1. The van der Waals surface area contributed by atoms with Gasteiger partial charge in [-0.2, -0.15) is 0 Å². The molecule has 0 amide bonds. The van der Waals surface area contributed by atoms with E-state index in [2.05, 4.69) is 0 Å². The summed E-state index contributed by atoms with van der Waals surface area (Å²) < 4.78 is 16.3. The zero-order valence-electron chi connectivity index (χ0n) is 13.6. The number of unbranched alkanes of at least 4 members (excludes halogenated alkanes) is 3. The Hall–Kier alpha value is -0.650. The maximum atomic E-state index is 10.1. The van der Waals surface area contributed by atoms with Gasteiger partial charge in [0.05, 0.1) is 16.7 Å². The highest BCUT2D eigenvalue weighted by Gasteiger charge is 2.10. The van der Waals surface area contributed by atoms with Gasteiger partial charge in [-0.15, -0.1) is 0 Å². The molecule has 0 fully saturated rings. The lowest BCUT2D eigenvalue weighted by atomic mass is 10.2. The molecular formula is C17H20Cl4O4. The molecule has 0 saturated heterocycles. The summed E-state index contributed by atoms with van der Waals surface area (Å²) in [6, 6.07) is 3.26. The third-order valence-corrected chi connectivity index (χ3v) is 3.94. The summed E-state index contributed by atoms with van der Waals surface area (Å²) in [4.78, 5) is 10.1. The van der Waals surface area contributed by atoms with E-state index < -0.39 is 0 Å². The highest BCUT2D eigenvalue weighted by atomic mass is 35.5. The second-order valence-corrected chi connectivity index (χ2v) is 6.85. The molecule has 0 unspecified atom stereocenters. The Balaban J connectivity index is 2.31. The van der Waals surface area contributed by atoms with Crippen molar-refractivity contribution < 1.29 is 19.0 Å². The normalized spacial score (nSPS) is 10.4. The van der Waals surface area contributed by atoms with E-state index in [1.165, 1.54) is 6.08 Å². The fourth-order valence-corrected chi connectivity index (χ4v) is 2.63. The van der Waals surface area contributed by atoms with E-state index in [0.717, 1.165) is 32.0 Å². The van der Waals surface area contributed by atoms with Crippen molar-refractivity contribution in [2.75, 3.05) is 26.4 Å². The SMILES string of the molecule is O=CCOCCCCCCOc1c(Cl)cc(OCC=C(Cl)Cl)cc1Cl. The van der Waals surface area contributed by atoms with E-state index in [1.807, 2.05) is 0 Å². The van der Waals surface area contributed by atoms with E-state index in [-0.39, 0.29) is 17.7 Å². The molecule has 0 N–H and O–H groups in total. The largest absolute Gasteiger partial charge is 0.490 e. The van der Waals surface area contributed by atoms with Crippen LogP contribution in [0.5, 0.6) is 11.5 Å². The zero-order chi connectivity index (χ0) is 18.5. The molecule has 25 heavy (non-hydrogen) atoms. The van der Waals surface area contributed by atoms with Crippen LogP contribution in [0.4, 0.5) is 0 Å². The van der Waals surface area contributed by atoms with Gasteiger partial charge in [0.2, 0.25) is 0 Å². The first-order chi connectivity index (χ1) is 12.0. The Bertz CT molecular complexity index is 537. The fourth-order valence-electron chi connectivity index (χ4n) is 1.92. The minimum absolute atomic E-state index is 0.132. The van der Waals surface area contributed by atoms with Gasteiger partial charge in [0.25, 0.3) is 0 Å². The van der Waals surface area contributed by atoms with Gasteiger partial charge >= 0.3 is 0 Å². The van der Waals surface area contributed by atoms with Crippen molar-refractivity contribution >= 4 is 52.7 Å². The minimum atomic E-state index is 0.132. The molecule has 8 heteroatoms. The van der Waals surface area contributed by atoms with E-state index in [9.17, 15) is 4.79 Å². The van der Waals surface area contributed by atoms with Gasteiger partial charge in [-0.3, -0.25) is 0 Å². The van der Waals surface area contributed by atoms with Crippen molar-refractivity contribution in [2.24, 2.45) is 0 Å². The lowest BCUT2D eigenvalue weighted by Gasteiger charge is -2.12. The molecule has 0 radical (unpaired) electrons. The van der Waals surface area contributed by atoms with Crippen LogP contribution < -0.4 is 9.47 Å². The molecule has 0 heterocycles. The van der Waals surface area contributed by atoms with Crippen molar-refractivity contribution in [1.29, 1.82) is 0 Å². The predicted octanol–water partition coefficient (Wildman–Crippen LogP) is 5.85. The molecule has 1 aromatic rings. The minimum Gasteiger partial charge on any atom is -0.490 e. The number of hydrogen-bond acceptors (Lipinski definition) is 4. The number of hydrogen-bond donors (Lipinski definition) is 0. The number of aldehydes is 1. The highest BCUT2D eigenvalue weighted by molar-refractivity contribution is 6.55. The summed E-state index contributed by atoms with van der Waals surface area (Å²) in [5, 5.41) is 0.761. The zero-order valence-corrected chi connectivity index (χ0v) is 16.6. The number of benzene rings is 1. The van der Waals surface area contributed by atoms with Crippen molar-refractivity contribution in [3.63, 3.8) is 0 Å². The summed E-state index contributed by atoms with van der Waals surface area (Å²) >= 11 is 23.4. The number of rotatable bonds is 13.